The Kier molecular flexibility index (Phi) is 32.2. The standard InChI is InChI=1S/C42H81O12P/c1-3-5-7-9-11-13-15-17-18-19-20-21-23-25-27-29-31-36(43)53-35(33-51-32-30-28-26-24-22-16-14-12-10-8-6-4-2)34-52-55(49,50)54-42-40(47)38(45)37(44)39(46)41(42)48/h18-19,35,37-42,44-48H,3-17,20-34H2,1-2H3,(H,49,50)/b19-18-. The molecule has 0 aromatic heterocycles. The molecule has 6 atom stereocenters. The molecule has 6 N–H and O–H groups in total. The number of phosphoric acid groups is 1. The maximum Gasteiger partial charge on any atom is 0.472 e. The summed E-state index contributed by atoms with van der Waals surface area (Å²) < 4.78 is 34.1. The number of carbonyl (C=O) groups is 1. The van der Waals surface area contributed by atoms with Crippen molar-refractivity contribution in [2.24, 2.45) is 0 Å². The summed E-state index contributed by atoms with van der Waals surface area (Å²) in [6.07, 6.45) is 22.8. The summed E-state index contributed by atoms with van der Waals surface area (Å²) in [5, 5.41) is 50.1. The lowest BCUT2D eigenvalue weighted by Gasteiger charge is -2.41. The minimum atomic E-state index is -5.01. The summed E-state index contributed by atoms with van der Waals surface area (Å²) in [4.78, 5) is 23.1. The van der Waals surface area contributed by atoms with Crippen molar-refractivity contribution in [1.82, 2.24) is 0 Å². The van der Waals surface area contributed by atoms with Crippen molar-refractivity contribution in [2.75, 3.05) is 19.8 Å². The highest BCUT2D eigenvalue weighted by Crippen LogP contribution is 2.47. The molecule has 0 amide bonds. The first-order valence-electron chi connectivity index (χ1n) is 22.0. The number of phosphoric ester groups is 1. The number of carbonyl (C=O) groups excluding carboxylic acids is 1. The van der Waals surface area contributed by atoms with E-state index < -0.39 is 63.1 Å². The van der Waals surface area contributed by atoms with Gasteiger partial charge in [0.1, 0.15) is 42.7 Å². The predicted molar refractivity (Wildman–Crippen MR) is 217 cm³/mol. The number of ether oxygens (including phenoxy) is 2. The zero-order valence-corrected chi connectivity index (χ0v) is 35.4. The van der Waals surface area contributed by atoms with E-state index in [1.165, 1.54) is 103 Å². The topological polar surface area (TPSA) is 192 Å². The quantitative estimate of drug-likeness (QED) is 0.0152. The number of hydrogen-bond donors (Lipinski definition) is 6. The van der Waals surface area contributed by atoms with Crippen LogP contribution >= 0.6 is 7.82 Å². The molecule has 0 radical (unpaired) electrons. The first kappa shape index (κ1) is 52.1. The number of aliphatic hydroxyl groups excluding tert-OH is 5. The summed E-state index contributed by atoms with van der Waals surface area (Å²) in [5.74, 6) is -0.483. The number of hydrogen-bond acceptors (Lipinski definition) is 11. The molecule has 0 spiro atoms. The first-order chi connectivity index (χ1) is 26.5. The van der Waals surface area contributed by atoms with E-state index in [-0.39, 0.29) is 13.0 Å². The number of aliphatic hydroxyl groups is 5. The van der Waals surface area contributed by atoms with Crippen molar-refractivity contribution in [2.45, 2.75) is 230 Å². The lowest BCUT2D eigenvalue weighted by molar-refractivity contribution is -0.220. The fraction of sp³-hybridized carbons (Fsp3) is 0.929. The van der Waals surface area contributed by atoms with Crippen molar-refractivity contribution in [3.63, 3.8) is 0 Å². The van der Waals surface area contributed by atoms with Crippen LogP contribution in [-0.2, 0) is 27.9 Å². The van der Waals surface area contributed by atoms with Gasteiger partial charge in [-0.3, -0.25) is 13.8 Å². The molecule has 0 aromatic carbocycles. The molecule has 1 rings (SSSR count). The van der Waals surface area contributed by atoms with Gasteiger partial charge in [0.15, 0.2) is 0 Å². The van der Waals surface area contributed by atoms with E-state index in [2.05, 4.69) is 26.0 Å². The molecule has 13 heteroatoms. The summed E-state index contributed by atoms with van der Waals surface area (Å²) in [7, 11) is -5.01. The van der Waals surface area contributed by atoms with Crippen LogP contribution in [0.25, 0.3) is 0 Å². The van der Waals surface area contributed by atoms with Crippen LogP contribution in [0.5, 0.6) is 0 Å². The maximum atomic E-state index is 12.8. The van der Waals surface area contributed by atoms with E-state index in [0.717, 1.165) is 57.8 Å². The largest absolute Gasteiger partial charge is 0.472 e. The highest BCUT2D eigenvalue weighted by molar-refractivity contribution is 7.47. The summed E-state index contributed by atoms with van der Waals surface area (Å²) in [6.45, 7) is 4.25. The van der Waals surface area contributed by atoms with Crippen molar-refractivity contribution in [1.29, 1.82) is 0 Å². The Labute approximate surface area is 333 Å². The fourth-order valence-corrected chi connectivity index (χ4v) is 7.79. The van der Waals surface area contributed by atoms with Gasteiger partial charge in [-0.2, -0.15) is 0 Å². The Balaban J connectivity index is 2.42. The second kappa shape index (κ2) is 34.0. The number of esters is 1. The normalized spacial score (nSPS) is 23.3. The van der Waals surface area contributed by atoms with Gasteiger partial charge >= 0.3 is 13.8 Å². The number of allylic oxidation sites excluding steroid dienone is 2. The molecule has 0 saturated heterocycles. The molecule has 0 aliphatic heterocycles. The van der Waals surface area contributed by atoms with Crippen LogP contribution in [0, 0.1) is 0 Å². The smallest absolute Gasteiger partial charge is 0.457 e. The van der Waals surface area contributed by atoms with E-state index in [9.17, 15) is 39.8 Å². The predicted octanol–water partition coefficient (Wildman–Crippen LogP) is 8.36. The van der Waals surface area contributed by atoms with Crippen molar-refractivity contribution >= 4 is 13.8 Å². The van der Waals surface area contributed by atoms with Crippen LogP contribution in [0.2, 0.25) is 0 Å². The van der Waals surface area contributed by atoms with Crippen molar-refractivity contribution in [3.8, 4) is 0 Å². The van der Waals surface area contributed by atoms with E-state index >= 15 is 0 Å². The molecule has 326 valence electrons. The molecule has 0 aromatic rings. The van der Waals surface area contributed by atoms with Gasteiger partial charge in [0, 0.05) is 13.0 Å². The van der Waals surface area contributed by atoms with Crippen LogP contribution in [0.1, 0.15) is 187 Å². The molecule has 1 aliphatic rings. The summed E-state index contributed by atoms with van der Waals surface area (Å²) in [5.41, 5.74) is 0. The number of rotatable bonds is 37. The van der Waals surface area contributed by atoms with Crippen molar-refractivity contribution < 1.29 is 58.3 Å². The SMILES string of the molecule is CCCCCCCCC/C=C\CCCCCCCC(=O)OC(COCCCCCCCCCCCCCC)COP(=O)(O)OC1C(O)C(O)C(O)C(O)C1O. The Bertz CT molecular complexity index is 968. The Morgan fingerprint density at radius 1 is 0.564 bits per heavy atom. The molecular weight excluding hydrogens is 727 g/mol. The second-order valence-corrected chi connectivity index (χ2v) is 17.0. The summed E-state index contributed by atoms with van der Waals surface area (Å²) in [6, 6.07) is 0. The van der Waals surface area contributed by atoms with Crippen LogP contribution in [-0.4, -0.2) is 98.9 Å². The highest BCUT2D eigenvalue weighted by Gasteiger charge is 2.51. The third kappa shape index (κ3) is 26.7. The molecule has 6 unspecified atom stereocenters. The van der Waals surface area contributed by atoms with Crippen molar-refractivity contribution in [3.05, 3.63) is 12.2 Å². The van der Waals surface area contributed by atoms with Gasteiger partial charge in [0.25, 0.3) is 0 Å². The van der Waals surface area contributed by atoms with E-state index in [0.29, 0.717) is 13.0 Å². The van der Waals surface area contributed by atoms with Crippen LogP contribution in [0.3, 0.4) is 0 Å². The van der Waals surface area contributed by atoms with E-state index in [4.69, 9.17) is 18.5 Å². The third-order valence-corrected chi connectivity index (χ3v) is 11.4. The molecule has 1 fully saturated rings. The van der Waals surface area contributed by atoms with Gasteiger partial charge in [-0.15, -0.1) is 0 Å². The van der Waals surface area contributed by atoms with Crippen LogP contribution in [0.4, 0.5) is 0 Å². The Morgan fingerprint density at radius 3 is 1.44 bits per heavy atom. The minimum Gasteiger partial charge on any atom is -0.457 e. The molecule has 1 aliphatic carbocycles. The monoisotopic (exact) mass is 809 g/mol. The average Bonchev–Trinajstić information content (AvgIpc) is 3.17. The third-order valence-electron chi connectivity index (χ3n) is 10.4. The van der Waals surface area contributed by atoms with E-state index in [1.807, 2.05) is 0 Å². The Morgan fingerprint density at radius 2 is 0.964 bits per heavy atom. The van der Waals surface area contributed by atoms with Crippen LogP contribution in [0.15, 0.2) is 12.2 Å². The van der Waals surface area contributed by atoms with E-state index in [1.54, 1.807) is 0 Å². The molecule has 55 heavy (non-hydrogen) atoms. The zero-order valence-electron chi connectivity index (χ0n) is 34.5. The van der Waals surface area contributed by atoms with Gasteiger partial charge < -0.3 is 39.9 Å². The fourth-order valence-electron chi connectivity index (χ4n) is 6.82. The Hall–Kier alpha value is -0.920. The molecule has 1 saturated carbocycles. The second-order valence-electron chi connectivity index (χ2n) is 15.6. The highest BCUT2D eigenvalue weighted by atomic mass is 31.2. The van der Waals surface area contributed by atoms with Gasteiger partial charge in [-0.1, -0.05) is 154 Å². The zero-order chi connectivity index (χ0) is 40.6. The van der Waals surface area contributed by atoms with Gasteiger partial charge in [-0.25, -0.2) is 4.57 Å². The van der Waals surface area contributed by atoms with Gasteiger partial charge in [0.2, 0.25) is 0 Å². The van der Waals surface area contributed by atoms with Gasteiger partial charge in [-0.05, 0) is 38.5 Å². The first-order valence-corrected chi connectivity index (χ1v) is 23.5. The average molecular weight is 809 g/mol. The van der Waals surface area contributed by atoms with Gasteiger partial charge in [0.05, 0.1) is 13.2 Å². The molecule has 12 nitrogen and oxygen atoms in total. The molecule has 0 heterocycles. The molecular formula is C42H81O12P. The maximum absolute atomic E-state index is 12.8. The lowest BCUT2D eigenvalue weighted by Crippen LogP contribution is -2.64. The lowest BCUT2D eigenvalue weighted by atomic mass is 9.85. The molecule has 0 bridgehead atoms. The summed E-state index contributed by atoms with van der Waals surface area (Å²) >= 11 is 0. The number of unbranched alkanes of at least 4 members (excludes halogenated alkanes) is 23. The van der Waals surface area contributed by atoms with Crippen LogP contribution < -0.4 is 0 Å². The minimum absolute atomic E-state index is 0.0749.